The predicted molar refractivity (Wildman–Crippen MR) is 187 cm³/mol. The van der Waals surface area contributed by atoms with Crippen LogP contribution in [0.5, 0.6) is 0 Å². The number of carbonyl (C=O) groups is 2. The number of allylic oxidation sites excluding steroid dienone is 2. The third-order valence-corrected chi connectivity index (χ3v) is 16.9. The monoisotopic (exact) mass is 700 g/mol. The largest absolute Gasteiger partial charge is 0.481 e. The second kappa shape index (κ2) is 12.3. The summed E-state index contributed by atoms with van der Waals surface area (Å²) in [6, 6.07) is 0. The van der Waals surface area contributed by atoms with Gasteiger partial charge >= 0.3 is 11.9 Å². The van der Waals surface area contributed by atoms with Crippen LogP contribution in [-0.2, 0) is 19.1 Å². The highest BCUT2D eigenvalue weighted by molar-refractivity contribution is 5.77. The Balaban J connectivity index is 1.24. The van der Waals surface area contributed by atoms with Crippen molar-refractivity contribution in [2.45, 2.75) is 175 Å². The van der Waals surface area contributed by atoms with E-state index in [0.29, 0.717) is 24.2 Å². The number of hydrogen-bond donors (Lipinski definition) is 5. The number of ether oxygens (including phenoxy) is 2. The van der Waals surface area contributed by atoms with Gasteiger partial charge in [-0.2, -0.15) is 0 Å². The first-order chi connectivity index (χ1) is 23.4. The molecule has 1 heterocycles. The Hall–Kier alpha value is -1.52. The average molecular weight is 701 g/mol. The minimum Gasteiger partial charge on any atom is -0.481 e. The molecule has 9 nitrogen and oxygen atoms in total. The van der Waals surface area contributed by atoms with E-state index in [1.54, 1.807) is 0 Å². The van der Waals surface area contributed by atoms with Gasteiger partial charge in [0.25, 0.3) is 0 Å². The van der Waals surface area contributed by atoms with E-state index in [1.807, 2.05) is 0 Å². The smallest absolute Gasteiger partial charge is 0.335 e. The minimum atomic E-state index is -1.75. The maximum atomic E-state index is 13.3. The molecule has 9 heteroatoms. The van der Waals surface area contributed by atoms with Crippen molar-refractivity contribution in [2.75, 3.05) is 0 Å². The van der Waals surface area contributed by atoms with Crippen LogP contribution in [0.4, 0.5) is 0 Å². The zero-order valence-electron chi connectivity index (χ0n) is 31.3. The third-order valence-electron chi connectivity index (χ3n) is 16.9. The fraction of sp³-hybridized carbons (Fsp3) is 0.902. The summed E-state index contributed by atoms with van der Waals surface area (Å²) in [7, 11) is 0. The molecule has 0 radical (unpaired) electrons. The second-order valence-corrected chi connectivity index (χ2v) is 19.9. The lowest BCUT2D eigenvalue weighted by Crippen LogP contribution is -2.68. The van der Waals surface area contributed by atoms with Crippen LogP contribution in [0.15, 0.2) is 11.6 Å². The van der Waals surface area contributed by atoms with Crippen LogP contribution < -0.4 is 0 Å². The zero-order valence-corrected chi connectivity index (χ0v) is 31.3. The van der Waals surface area contributed by atoms with Crippen LogP contribution in [0.1, 0.15) is 138 Å². The Bertz CT molecular complexity index is 1380. The molecule has 0 unspecified atom stereocenters. The van der Waals surface area contributed by atoms with Gasteiger partial charge in [-0.15, -0.1) is 0 Å². The Morgan fingerprint density at radius 1 is 0.780 bits per heavy atom. The predicted octanol–water partition coefficient (Wildman–Crippen LogP) is 6.71. The van der Waals surface area contributed by atoms with Crippen molar-refractivity contribution < 1.29 is 44.6 Å². The molecular weight excluding hydrogens is 636 g/mol. The highest BCUT2D eigenvalue weighted by Gasteiger charge is 2.72. The van der Waals surface area contributed by atoms with Gasteiger partial charge in [-0.3, -0.25) is 4.79 Å². The summed E-state index contributed by atoms with van der Waals surface area (Å²) in [5.41, 5.74) is 0.699. The molecule has 1 aliphatic heterocycles. The first-order valence-electron chi connectivity index (χ1n) is 19.9. The van der Waals surface area contributed by atoms with E-state index in [1.165, 1.54) is 37.7 Å². The Kier molecular flexibility index (Phi) is 9.03. The lowest BCUT2D eigenvalue weighted by atomic mass is 9.31. The van der Waals surface area contributed by atoms with Crippen LogP contribution in [0.25, 0.3) is 0 Å². The van der Waals surface area contributed by atoms with E-state index >= 15 is 0 Å². The highest BCUT2D eigenvalue weighted by atomic mass is 16.7. The van der Waals surface area contributed by atoms with Gasteiger partial charge in [-0.1, -0.05) is 72.5 Å². The molecule has 0 spiro atoms. The quantitative estimate of drug-likeness (QED) is 0.156. The van der Waals surface area contributed by atoms with E-state index in [-0.39, 0.29) is 39.1 Å². The summed E-state index contributed by atoms with van der Waals surface area (Å²) >= 11 is 0. The number of hydrogen-bond acceptors (Lipinski definition) is 7. The molecule has 5 saturated carbocycles. The molecule has 6 aliphatic carbocycles. The number of aliphatic hydroxyl groups is 3. The van der Waals surface area contributed by atoms with Crippen molar-refractivity contribution in [1.82, 2.24) is 0 Å². The van der Waals surface area contributed by atoms with Crippen LogP contribution in [0.2, 0.25) is 0 Å². The van der Waals surface area contributed by atoms with Gasteiger partial charge in [-0.05, 0) is 122 Å². The van der Waals surface area contributed by atoms with Crippen molar-refractivity contribution in [2.24, 2.45) is 56.2 Å². The normalized spacial score (nSPS) is 50.1. The standard InChI is InChI=1S/C41H64O9/c1-36(2)18-19-40(35(47)48)20-21-41(23-10-8-7-9-11-23)24(25(40)22-36)12-13-27-38(5)16-15-28(37(3,4)26(38)14-17-39(27,41)6)49-34-31(44)29(42)30(43)32(50-34)33(45)46/h12,23,25-32,34,42-44H,7-11,13-22H2,1-6H3,(H,45,46)(H,47,48)/t25-,26-,27+,28-,29-,30-,31+,32-,34+,38-,39+,40-,41-/m0/s1. The Morgan fingerprint density at radius 2 is 1.46 bits per heavy atom. The SMILES string of the molecule is CC1(C)CC[C@]2(C(=O)O)CC[C@]3(C4CCCCC4)C(=CC[C@@H]4[C@@]5(C)CC[C@H](O[C@@H]6O[C@H](C(=O)O)[C@@H](O)[C@H](O)[C@H]6O)C(C)(C)[C@@H]5CC[C@]43C)[C@@H]2C1. The lowest BCUT2D eigenvalue weighted by Gasteiger charge is -2.73. The van der Waals surface area contributed by atoms with E-state index < -0.39 is 48.1 Å². The number of fused-ring (bicyclic) bond motifs is 7. The Morgan fingerprint density at radius 3 is 2.12 bits per heavy atom. The summed E-state index contributed by atoms with van der Waals surface area (Å²) in [5, 5.41) is 52.1. The summed E-state index contributed by atoms with van der Waals surface area (Å²) < 4.78 is 12.0. The van der Waals surface area contributed by atoms with Gasteiger partial charge < -0.3 is 35.0 Å². The van der Waals surface area contributed by atoms with Gasteiger partial charge in [0.1, 0.15) is 18.3 Å². The lowest BCUT2D eigenvalue weighted by molar-refractivity contribution is -0.324. The van der Waals surface area contributed by atoms with Crippen molar-refractivity contribution >= 4 is 11.9 Å². The highest BCUT2D eigenvalue weighted by Crippen LogP contribution is 2.78. The number of carboxylic acids is 2. The number of aliphatic carboxylic acids is 2. The fourth-order valence-corrected chi connectivity index (χ4v) is 14.4. The Labute approximate surface area is 298 Å². The van der Waals surface area contributed by atoms with Gasteiger partial charge in [0, 0.05) is 5.41 Å². The molecule has 5 N–H and O–H groups in total. The summed E-state index contributed by atoms with van der Waals surface area (Å²) in [5.74, 6) is -0.591. The molecule has 7 rings (SSSR count). The molecular formula is C41H64O9. The molecule has 50 heavy (non-hydrogen) atoms. The molecule has 7 aliphatic rings. The molecule has 1 saturated heterocycles. The zero-order chi connectivity index (χ0) is 36.2. The number of aliphatic hydroxyl groups excluding tert-OH is 3. The molecule has 13 atom stereocenters. The summed E-state index contributed by atoms with van der Waals surface area (Å²) in [4.78, 5) is 25.1. The molecule has 0 aromatic heterocycles. The molecule has 0 aromatic carbocycles. The molecule has 282 valence electrons. The third kappa shape index (κ3) is 5.09. The van der Waals surface area contributed by atoms with Crippen molar-refractivity contribution in [3.8, 4) is 0 Å². The van der Waals surface area contributed by atoms with Gasteiger partial charge in [0.15, 0.2) is 12.4 Å². The van der Waals surface area contributed by atoms with Crippen LogP contribution in [0, 0.1) is 56.2 Å². The summed E-state index contributed by atoms with van der Waals surface area (Å²) in [6.07, 6.45) is 9.65. The number of carboxylic acid groups (broad SMARTS) is 2. The van der Waals surface area contributed by atoms with E-state index in [9.17, 15) is 35.1 Å². The van der Waals surface area contributed by atoms with Gasteiger partial charge in [0.2, 0.25) is 0 Å². The molecule has 6 fully saturated rings. The van der Waals surface area contributed by atoms with E-state index in [0.717, 1.165) is 57.8 Å². The van der Waals surface area contributed by atoms with E-state index in [2.05, 4.69) is 47.6 Å². The van der Waals surface area contributed by atoms with Crippen LogP contribution >= 0.6 is 0 Å². The van der Waals surface area contributed by atoms with Crippen molar-refractivity contribution in [3.05, 3.63) is 11.6 Å². The topological polar surface area (TPSA) is 154 Å². The molecule has 0 amide bonds. The fourth-order valence-electron chi connectivity index (χ4n) is 14.4. The average Bonchev–Trinajstić information content (AvgIpc) is 3.05. The van der Waals surface area contributed by atoms with Crippen molar-refractivity contribution in [1.29, 1.82) is 0 Å². The molecule has 0 bridgehead atoms. The minimum absolute atomic E-state index is 0.00142. The van der Waals surface area contributed by atoms with Gasteiger partial charge in [0.05, 0.1) is 11.5 Å². The maximum absolute atomic E-state index is 13.3. The maximum Gasteiger partial charge on any atom is 0.335 e. The molecule has 0 aromatic rings. The second-order valence-electron chi connectivity index (χ2n) is 19.9. The first-order valence-corrected chi connectivity index (χ1v) is 19.9. The first kappa shape index (κ1) is 36.8. The van der Waals surface area contributed by atoms with E-state index in [4.69, 9.17) is 9.47 Å². The van der Waals surface area contributed by atoms with Crippen molar-refractivity contribution in [3.63, 3.8) is 0 Å². The van der Waals surface area contributed by atoms with Gasteiger partial charge in [-0.25, -0.2) is 4.79 Å². The van der Waals surface area contributed by atoms with Crippen LogP contribution in [0.3, 0.4) is 0 Å². The number of rotatable bonds is 5. The summed E-state index contributed by atoms with van der Waals surface area (Å²) in [6.45, 7) is 14.3. The van der Waals surface area contributed by atoms with Crippen LogP contribution in [-0.4, -0.2) is 74.3 Å².